The summed E-state index contributed by atoms with van der Waals surface area (Å²) in [4.78, 5) is 11.9. The van der Waals surface area contributed by atoms with E-state index in [4.69, 9.17) is 4.74 Å². The average molecular weight is 305 g/mol. The summed E-state index contributed by atoms with van der Waals surface area (Å²) in [6.45, 7) is 1.68. The van der Waals surface area contributed by atoms with Gasteiger partial charge < -0.3 is 9.84 Å². The van der Waals surface area contributed by atoms with Crippen LogP contribution in [0.2, 0.25) is 0 Å². The van der Waals surface area contributed by atoms with Crippen LogP contribution in [0.3, 0.4) is 0 Å². The maximum Gasteiger partial charge on any atom is 0.269 e. The molecule has 0 saturated heterocycles. The number of methoxy groups -OCH3 is 1. The molecule has 2 aromatic rings. The van der Waals surface area contributed by atoms with Crippen molar-refractivity contribution in [1.82, 2.24) is 0 Å². The van der Waals surface area contributed by atoms with Crippen LogP contribution in [-0.4, -0.2) is 17.1 Å². The fraction of sp³-hybridized carbons (Fsp3) is 0.200. The lowest BCUT2D eigenvalue weighted by Crippen LogP contribution is -1.98. The van der Waals surface area contributed by atoms with Crippen LogP contribution < -0.4 is 4.74 Å². The summed E-state index contributed by atoms with van der Waals surface area (Å²) in [5, 5.41) is 20.6. The molecule has 0 amide bonds. The van der Waals surface area contributed by atoms with Crippen molar-refractivity contribution in [1.29, 1.82) is 0 Å². The van der Waals surface area contributed by atoms with Gasteiger partial charge in [0.2, 0.25) is 0 Å². The Bertz CT molecular complexity index is 641. The van der Waals surface area contributed by atoms with Crippen LogP contribution in [0.4, 0.5) is 5.69 Å². The van der Waals surface area contributed by atoms with Gasteiger partial charge in [0.25, 0.3) is 5.69 Å². The minimum atomic E-state index is -0.665. The molecule has 0 aliphatic carbocycles. The van der Waals surface area contributed by atoms with E-state index in [-0.39, 0.29) is 5.69 Å². The van der Waals surface area contributed by atoms with Gasteiger partial charge in [0.05, 0.1) is 18.1 Å². The zero-order valence-corrected chi connectivity index (χ0v) is 12.5. The first kappa shape index (κ1) is 15.3. The Kier molecular flexibility index (Phi) is 4.82. The number of nitrogens with zero attached hydrogens (tertiary/aromatic N) is 1. The Morgan fingerprint density at radius 1 is 1.24 bits per heavy atom. The van der Waals surface area contributed by atoms with Crippen molar-refractivity contribution < 1.29 is 14.8 Å². The summed E-state index contributed by atoms with van der Waals surface area (Å²) in [5.41, 5.74) is 0.768. The molecule has 0 aliphatic heterocycles. The highest BCUT2D eigenvalue weighted by Crippen LogP contribution is 2.38. The molecule has 0 heterocycles. The number of aliphatic hydroxyl groups is 1. The summed E-state index contributed by atoms with van der Waals surface area (Å²) in [7, 11) is 1.56. The van der Waals surface area contributed by atoms with E-state index in [1.807, 2.05) is 12.1 Å². The topological polar surface area (TPSA) is 72.6 Å². The van der Waals surface area contributed by atoms with Crippen molar-refractivity contribution in [3.8, 4) is 5.75 Å². The third kappa shape index (κ3) is 3.53. The van der Waals surface area contributed by atoms with Crippen molar-refractivity contribution in [2.75, 3.05) is 7.11 Å². The smallest absolute Gasteiger partial charge is 0.269 e. The Labute approximate surface area is 126 Å². The van der Waals surface area contributed by atoms with E-state index in [9.17, 15) is 15.2 Å². The lowest BCUT2D eigenvalue weighted by atomic mass is 10.1. The molecule has 0 radical (unpaired) electrons. The first-order chi connectivity index (χ1) is 10.0. The lowest BCUT2D eigenvalue weighted by molar-refractivity contribution is -0.384. The van der Waals surface area contributed by atoms with Crippen LogP contribution in [0, 0.1) is 10.1 Å². The summed E-state index contributed by atoms with van der Waals surface area (Å²) >= 11 is 1.43. The third-order valence-corrected chi connectivity index (χ3v) is 4.02. The SMILES string of the molecule is COc1cccc(Sc2ccc([N+](=O)[O-])cc2)c1[C@@H](C)O. The molecule has 110 valence electrons. The summed E-state index contributed by atoms with van der Waals surface area (Å²) in [6.07, 6.45) is -0.665. The van der Waals surface area contributed by atoms with Gasteiger partial charge in [0.1, 0.15) is 5.75 Å². The predicted molar refractivity (Wildman–Crippen MR) is 80.8 cm³/mol. The van der Waals surface area contributed by atoms with Gasteiger partial charge in [0, 0.05) is 27.5 Å². The van der Waals surface area contributed by atoms with Crippen LogP contribution in [0.15, 0.2) is 52.3 Å². The summed E-state index contributed by atoms with van der Waals surface area (Å²) in [6, 6.07) is 11.8. The van der Waals surface area contributed by atoms with E-state index in [0.717, 1.165) is 9.79 Å². The largest absolute Gasteiger partial charge is 0.496 e. The van der Waals surface area contributed by atoms with E-state index in [2.05, 4.69) is 0 Å². The van der Waals surface area contributed by atoms with Gasteiger partial charge in [0.15, 0.2) is 0 Å². The van der Waals surface area contributed by atoms with E-state index in [0.29, 0.717) is 11.3 Å². The lowest BCUT2D eigenvalue weighted by Gasteiger charge is -2.15. The van der Waals surface area contributed by atoms with E-state index in [1.165, 1.54) is 23.9 Å². The van der Waals surface area contributed by atoms with Gasteiger partial charge in [-0.3, -0.25) is 10.1 Å². The fourth-order valence-corrected chi connectivity index (χ4v) is 3.02. The van der Waals surface area contributed by atoms with Crippen LogP contribution >= 0.6 is 11.8 Å². The normalized spacial score (nSPS) is 12.0. The summed E-state index contributed by atoms with van der Waals surface area (Å²) in [5.74, 6) is 0.622. The van der Waals surface area contributed by atoms with Gasteiger partial charge in [-0.1, -0.05) is 17.8 Å². The predicted octanol–water partition coefficient (Wildman–Crippen LogP) is 3.81. The molecule has 1 N–H and O–H groups in total. The van der Waals surface area contributed by atoms with Crippen LogP contribution in [-0.2, 0) is 0 Å². The van der Waals surface area contributed by atoms with Crippen molar-refractivity contribution >= 4 is 17.4 Å². The average Bonchev–Trinajstić information content (AvgIpc) is 2.47. The Morgan fingerprint density at radius 2 is 1.90 bits per heavy atom. The number of benzene rings is 2. The van der Waals surface area contributed by atoms with Crippen molar-refractivity contribution in [2.45, 2.75) is 22.8 Å². The van der Waals surface area contributed by atoms with E-state index >= 15 is 0 Å². The monoisotopic (exact) mass is 305 g/mol. The van der Waals surface area contributed by atoms with Crippen LogP contribution in [0.5, 0.6) is 5.75 Å². The van der Waals surface area contributed by atoms with Crippen LogP contribution in [0.25, 0.3) is 0 Å². The molecule has 0 saturated carbocycles. The maximum atomic E-state index is 10.6. The van der Waals surface area contributed by atoms with Crippen molar-refractivity contribution in [2.24, 2.45) is 0 Å². The molecule has 1 atom stereocenters. The number of non-ortho nitro benzene ring substituents is 1. The zero-order valence-electron chi connectivity index (χ0n) is 11.6. The van der Waals surface area contributed by atoms with Gasteiger partial charge >= 0.3 is 0 Å². The number of hydrogen-bond acceptors (Lipinski definition) is 5. The van der Waals surface area contributed by atoms with Crippen LogP contribution in [0.1, 0.15) is 18.6 Å². The molecule has 2 rings (SSSR count). The molecule has 6 heteroatoms. The fourth-order valence-electron chi connectivity index (χ4n) is 1.97. The number of ether oxygens (including phenoxy) is 1. The minimum Gasteiger partial charge on any atom is -0.496 e. The standard InChI is InChI=1S/C15H15NO4S/c1-10(17)15-13(20-2)4-3-5-14(15)21-12-8-6-11(7-9-12)16(18)19/h3-10,17H,1-2H3/t10-/m1/s1. The van der Waals surface area contributed by atoms with Crippen molar-refractivity contribution in [3.05, 3.63) is 58.1 Å². The van der Waals surface area contributed by atoms with Gasteiger partial charge in [-0.25, -0.2) is 0 Å². The van der Waals surface area contributed by atoms with E-state index < -0.39 is 11.0 Å². The zero-order chi connectivity index (χ0) is 15.4. The molecule has 0 bridgehead atoms. The molecule has 2 aromatic carbocycles. The number of nitro groups is 1. The minimum absolute atomic E-state index is 0.0562. The van der Waals surface area contributed by atoms with Gasteiger partial charge in [-0.05, 0) is 31.2 Å². The molecule has 0 aliphatic rings. The number of nitro benzene ring substituents is 1. The first-order valence-corrected chi connectivity index (χ1v) is 7.12. The Hall–Kier alpha value is -2.05. The van der Waals surface area contributed by atoms with Gasteiger partial charge in [-0.15, -0.1) is 0 Å². The third-order valence-electron chi connectivity index (χ3n) is 2.94. The second-order valence-electron chi connectivity index (χ2n) is 4.40. The Morgan fingerprint density at radius 3 is 2.43 bits per heavy atom. The molecule has 0 spiro atoms. The quantitative estimate of drug-likeness (QED) is 0.671. The first-order valence-electron chi connectivity index (χ1n) is 6.30. The highest BCUT2D eigenvalue weighted by molar-refractivity contribution is 7.99. The molecule has 0 unspecified atom stereocenters. The second-order valence-corrected chi connectivity index (χ2v) is 5.52. The molecular weight excluding hydrogens is 290 g/mol. The van der Waals surface area contributed by atoms with E-state index in [1.54, 1.807) is 32.2 Å². The molecular formula is C15H15NO4S. The molecule has 21 heavy (non-hydrogen) atoms. The highest BCUT2D eigenvalue weighted by Gasteiger charge is 2.15. The van der Waals surface area contributed by atoms with Gasteiger partial charge in [-0.2, -0.15) is 0 Å². The van der Waals surface area contributed by atoms with Crippen molar-refractivity contribution in [3.63, 3.8) is 0 Å². The summed E-state index contributed by atoms with van der Waals surface area (Å²) < 4.78 is 5.27. The molecule has 0 aromatic heterocycles. The Balaban J connectivity index is 2.33. The molecule has 0 fully saturated rings. The second kappa shape index (κ2) is 6.60. The number of rotatable bonds is 5. The number of hydrogen-bond donors (Lipinski definition) is 1. The number of aliphatic hydroxyl groups excluding tert-OH is 1. The maximum absolute atomic E-state index is 10.6. The molecule has 5 nitrogen and oxygen atoms in total. The highest BCUT2D eigenvalue weighted by atomic mass is 32.2.